The monoisotopic (exact) mass is 300 g/mol. The van der Waals surface area contributed by atoms with Crippen LogP contribution in [0.4, 0.5) is 5.82 Å². The van der Waals surface area contributed by atoms with Crippen molar-refractivity contribution in [2.45, 2.75) is 38.1 Å². The van der Waals surface area contributed by atoms with Crippen LogP contribution in [0.3, 0.4) is 0 Å². The standard InChI is InChI=1S/C13H24N4O2S/c1-10(2)11-5-4-7-17(8-6-11)20(18,19)13-12(14)15-9-16(13)3/h9-11H,4-8,14H2,1-3H3. The van der Waals surface area contributed by atoms with Gasteiger partial charge in [0.2, 0.25) is 0 Å². The molecule has 0 spiro atoms. The highest BCUT2D eigenvalue weighted by Gasteiger charge is 2.32. The first-order valence-electron chi connectivity index (χ1n) is 7.11. The molecule has 1 saturated heterocycles. The second kappa shape index (κ2) is 5.73. The van der Waals surface area contributed by atoms with Gasteiger partial charge in [0.15, 0.2) is 10.8 Å². The molecule has 0 radical (unpaired) electrons. The van der Waals surface area contributed by atoms with E-state index in [1.807, 2.05) is 0 Å². The van der Waals surface area contributed by atoms with Gasteiger partial charge in [-0.1, -0.05) is 13.8 Å². The van der Waals surface area contributed by atoms with Crippen molar-refractivity contribution in [2.24, 2.45) is 18.9 Å². The van der Waals surface area contributed by atoms with Gasteiger partial charge in [-0.2, -0.15) is 4.31 Å². The summed E-state index contributed by atoms with van der Waals surface area (Å²) < 4.78 is 28.4. The molecule has 2 N–H and O–H groups in total. The maximum atomic E-state index is 12.7. The number of sulfonamides is 1. The number of hydrogen-bond acceptors (Lipinski definition) is 4. The smallest absolute Gasteiger partial charge is 0.262 e. The first-order valence-corrected chi connectivity index (χ1v) is 8.55. The van der Waals surface area contributed by atoms with E-state index < -0.39 is 10.0 Å². The van der Waals surface area contributed by atoms with Gasteiger partial charge in [-0.05, 0) is 31.1 Å². The highest BCUT2D eigenvalue weighted by Crippen LogP contribution is 2.28. The van der Waals surface area contributed by atoms with Gasteiger partial charge in [-0.25, -0.2) is 13.4 Å². The van der Waals surface area contributed by atoms with E-state index in [4.69, 9.17) is 5.73 Å². The molecule has 6 nitrogen and oxygen atoms in total. The number of aryl methyl sites for hydroxylation is 1. The van der Waals surface area contributed by atoms with Crippen molar-refractivity contribution in [3.8, 4) is 0 Å². The van der Waals surface area contributed by atoms with E-state index in [0.29, 0.717) is 24.9 Å². The lowest BCUT2D eigenvalue weighted by molar-refractivity contribution is 0.340. The molecule has 7 heteroatoms. The van der Waals surface area contributed by atoms with Crippen LogP contribution in [-0.4, -0.2) is 35.4 Å². The summed E-state index contributed by atoms with van der Waals surface area (Å²) >= 11 is 0. The van der Waals surface area contributed by atoms with E-state index in [9.17, 15) is 8.42 Å². The van der Waals surface area contributed by atoms with Crippen LogP contribution < -0.4 is 5.73 Å². The molecule has 20 heavy (non-hydrogen) atoms. The van der Waals surface area contributed by atoms with Crippen molar-refractivity contribution < 1.29 is 8.42 Å². The van der Waals surface area contributed by atoms with Crippen LogP contribution in [0.1, 0.15) is 33.1 Å². The van der Waals surface area contributed by atoms with Crippen LogP contribution in [0.2, 0.25) is 0 Å². The minimum atomic E-state index is -3.54. The second-order valence-electron chi connectivity index (χ2n) is 5.88. The summed E-state index contributed by atoms with van der Waals surface area (Å²) in [5.74, 6) is 1.27. The van der Waals surface area contributed by atoms with Gasteiger partial charge in [-0.3, -0.25) is 0 Å². The molecule has 2 heterocycles. The van der Waals surface area contributed by atoms with Crippen LogP contribution >= 0.6 is 0 Å². The van der Waals surface area contributed by atoms with Crippen LogP contribution in [0.25, 0.3) is 0 Å². The lowest BCUT2D eigenvalue weighted by Crippen LogP contribution is -2.33. The van der Waals surface area contributed by atoms with Gasteiger partial charge in [-0.15, -0.1) is 0 Å². The Morgan fingerprint density at radius 1 is 1.35 bits per heavy atom. The third-order valence-electron chi connectivity index (χ3n) is 4.17. The van der Waals surface area contributed by atoms with Gasteiger partial charge in [0.1, 0.15) is 0 Å². The van der Waals surface area contributed by atoms with E-state index in [2.05, 4.69) is 18.8 Å². The number of nitrogens with two attached hydrogens (primary N) is 1. The maximum absolute atomic E-state index is 12.7. The molecule has 114 valence electrons. The number of nitrogens with zero attached hydrogens (tertiary/aromatic N) is 3. The van der Waals surface area contributed by atoms with Gasteiger partial charge >= 0.3 is 0 Å². The molecule has 0 aliphatic carbocycles. The molecule has 2 rings (SSSR count). The van der Waals surface area contributed by atoms with E-state index in [0.717, 1.165) is 19.3 Å². The summed E-state index contributed by atoms with van der Waals surface area (Å²) in [6.07, 6.45) is 4.34. The topological polar surface area (TPSA) is 81.2 Å². The molecule has 0 bridgehead atoms. The lowest BCUT2D eigenvalue weighted by atomic mass is 9.89. The highest BCUT2D eigenvalue weighted by atomic mass is 32.2. The molecule has 0 aromatic carbocycles. The summed E-state index contributed by atoms with van der Waals surface area (Å²) in [7, 11) is -1.89. The van der Waals surface area contributed by atoms with E-state index in [1.54, 1.807) is 11.4 Å². The Kier molecular flexibility index (Phi) is 4.39. The molecule has 1 aromatic rings. The van der Waals surface area contributed by atoms with Crippen molar-refractivity contribution in [1.82, 2.24) is 13.9 Å². The number of nitrogen functional groups attached to an aromatic ring is 1. The predicted octanol–water partition coefficient (Wildman–Crippen LogP) is 1.45. The predicted molar refractivity (Wildman–Crippen MR) is 78.6 cm³/mol. The summed E-state index contributed by atoms with van der Waals surface area (Å²) in [5.41, 5.74) is 5.71. The Hall–Kier alpha value is -1.08. The minimum Gasteiger partial charge on any atom is -0.381 e. The number of imidazole rings is 1. The average molecular weight is 300 g/mol. The van der Waals surface area contributed by atoms with Crippen LogP contribution in [0, 0.1) is 11.8 Å². The Bertz CT molecular complexity index is 545. The fourth-order valence-electron chi connectivity index (χ4n) is 2.88. The molecule has 1 aliphatic heterocycles. The van der Waals surface area contributed by atoms with Crippen LogP contribution in [-0.2, 0) is 17.1 Å². The molecule has 1 aromatic heterocycles. The molecule has 1 unspecified atom stereocenters. The van der Waals surface area contributed by atoms with E-state index in [-0.39, 0.29) is 10.8 Å². The maximum Gasteiger partial charge on any atom is 0.262 e. The summed E-state index contributed by atoms with van der Waals surface area (Å²) in [6, 6.07) is 0. The zero-order valence-corrected chi connectivity index (χ0v) is 13.2. The van der Waals surface area contributed by atoms with Gasteiger partial charge in [0.25, 0.3) is 10.0 Å². The molecule has 1 atom stereocenters. The average Bonchev–Trinajstić information content (AvgIpc) is 2.60. The van der Waals surface area contributed by atoms with Crippen LogP contribution in [0.5, 0.6) is 0 Å². The fourth-order valence-corrected chi connectivity index (χ4v) is 4.56. The first kappa shape index (κ1) is 15.3. The SMILES string of the molecule is CC(C)C1CCCN(S(=O)(=O)c2c(N)ncn2C)CC1. The molecule has 0 amide bonds. The quantitative estimate of drug-likeness (QED) is 0.916. The molecule has 1 fully saturated rings. The van der Waals surface area contributed by atoms with Crippen molar-refractivity contribution in [3.05, 3.63) is 6.33 Å². The normalized spacial score (nSPS) is 22.1. The Balaban J connectivity index is 2.23. The minimum absolute atomic E-state index is 0.0807. The van der Waals surface area contributed by atoms with Crippen LogP contribution in [0.15, 0.2) is 11.4 Å². The number of hydrogen-bond donors (Lipinski definition) is 1. The Morgan fingerprint density at radius 2 is 2.05 bits per heavy atom. The van der Waals surface area contributed by atoms with Crippen molar-refractivity contribution >= 4 is 15.8 Å². The van der Waals surface area contributed by atoms with Gasteiger partial charge in [0, 0.05) is 20.1 Å². The Morgan fingerprint density at radius 3 is 2.60 bits per heavy atom. The van der Waals surface area contributed by atoms with Gasteiger partial charge < -0.3 is 10.3 Å². The van der Waals surface area contributed by atoms with E-state index in [1.165, 1.54) is 10.9 Å². The molecular weight excluding hydrogens is 276 g/mol. The van der Waals surface area contributed by atoms with Crippen molar-refractivity contribution in [1.29, 1.82) is 0 Å². The number of rotatable bonds is 3. The summed E-state index contributed by atoms with van der Waals surface area (Å²) in [4.78, 5) is 3.88. The highest BCUT2D eigenvalue weighted by molar-refractivity contribution is 7.89. The molecule has 0 saturated carbocycles. The first-order chi connectivity index (χ1) is 9.34. The number of aromatic nitrogens is 2. The summed E-state index contributed by atoms with van der Waals surface area (Å²) in [5, 5.41) is 0.112. The zero-order chi connectivity index (χ0) is 14.9. The second-order valence-corrected chi connectivity index (χ2v) is 7.74. The third kappa shape index (κ3) is 2.83. The van der Waals surface area contributed by atoms with E-state index >= 15 is 0 Å². The largest absolute Gasteiger partial charge is 0.381 e. The summed E-state index contributed by atoms with van der Waals surface area (Å²) in [6.45, 7) is 5.54. The Labute approximate surface area is 121 Å². The fraction of sp³-hybridized carbons (Fsp3) is 0.769. The van der Waals surface area contributed by atoms with Gasteiger partial charge in [0.05, 0.1) is 6.33 Å². The zero-order valence-electron chi connectivity index (χ0n) is 12.4. The number of anilines is 1. The van der Waals surface area contributed by atoms with Crippen molar-refractivity contribution in [3.63, 3.8) is 0 Å². The van der Waals surface area contributed by atoms with Crippen molar-refractivity contribution in [2.75, 3.05) is 18.8 Å². The lowest BCUT2D eigenvalue weighted by Gasteiger charge is -2.21. The third-order valence-corrected chi connectivity index (χ3v) is 6.20. The molecule has 1 aliphatic rings. The molecular formula is C13H24N4O2S.